The summed E-state index contributed by atoms with van der Waals surface area (Å²) in [5, 5.41) is 0.969. The molecule has 0 aliphatic rings. The number of aryl methyl sites for hydroxylation is 1. The van der Waals surface area contributed by atoms with Crippen molar-refractivity contribution in [3.05, 3.63) is 40.3 Å². The van der Waals surface area contributed by atoms with E-state index >= 15 is 0 Å². The number of nitrogens with one attached hydrogen (secondary N) is 1. The van der Waals surface area contributed by atoms with Gasteiger partial charge in [-0.1, -0.05) is 6.92 Å². The van der Waals surface area contributed by atoms with Crippen LogP contribution in [0.4, 0.5) is 0 Å². The quantitative estimate of drug-likeness (QED) is 0.711. The van der Waals surface area contributed by atoms with Gasteiger partial charge in [0, 0.05) is 17.1 Å². The zero-order valence-electron chi connectivity index (χ0n) is 7.37. The fraction of sp³-hybridized carbons (Fsp3) is 0.200. The van der Waals surface area contributed by atoms with E-state index < -0.39 is 0 Å². The predicted molar refractivity (Wildman–Crippen MR) is 51.7 cm³/mol. The smallest absolute Gasteiger partial charge is 0.249 e. The monoisotopic (exact) mass is 174 g/mol. The van der Waals surface area contributed by atoms with E-state index in [4.69, 9.17) is 0 Å². The normalized spacial score (nSPS) is 10.5. The van der Waals surface area contributed by atoms with Crippen LogP contribution in [0.2, 0.25) is 0 Å². The molecule has 0 fully saturated rings. The highest BCUT2D eigenvalue weighted by molar-refractivity contribution is 5.74. The van der Waals surface area contributed by atoms with Crippen LogP contribution in [0.5, 0.6) is 0 Å². The van der Waals surface area contributed by atoms with E-state index in [1.165, 1.54) is 6.07 Å². The first kappa shape index (κ1) is 7.98. The number of aromatic amines is 1. The third-order valence-electron chi connectivity index (χ3n) is 2.00. The molecule has 0 atom stereocenters. The van der Waals surface area contributed by atoms with Gasteiger partial charge in [0.15, 0.2) is 0 Å². The molecule has 0 spiro atoms. The molecule has 3 nitrogen and oxygen atoms in total. The number of hydrogen-bond donors (Lipinski definition) is 1. The number of H-pyrrole nitrogens is 1. The molecule has 0 bridgehead atoms. The second kappa shape index (κ2) is 3.01. The molecule has 0 aliphatic carbocycles. The molecule has 0 saturated carbocycles. The van der Waals surface area contributed by atoms with Gasteiger partial charge in [-0.25, -0.2) is 4.98 Å². The fourth-order valence-corrected chi connectivity index (χ4v) is 1.27. The summed E-state index contributed by atoms with van der Waals surface area (Å²) in [6.45, 7) is 2.04. The molecule has 0 aromatic carbocycles. The van der Waals surface area contributed by atoms with Crippen LogP contribution < -0.4 is 5.56 Å². The van der Waals surface area contributed by atoms with E-state index in [9.17, 15) is 4.79 Å². The SMILES string of the molecule is CCc1ccc2ccc(=O)[nH]c2n1. The molecule has 13 heavy (non-hydrogen) atoms. The summed E-state index contributed by atoms with van der Waals surface area (Å²) < 4.78 is 0. The Hall–Kier alpha value is -1.64. The maximum Gasteiger partial charge on any atom is 0.249 e. The second-order valence-corrected chi connectivity index (χ2v) is 2.92. The van der Waals surface area contributed by atoms with Crippen LogP contribution in [-0.2, 0) is 6.42 Å². The first-order valence-electron chi connectivity index (χ1n) is 4.28. The van der Waals surface area contributed by atoms with Crippen LogP contribution in [0.15, 0.2) is 29.1 Å². The van der Waals surface area contributed by atoms with Gasteiger partial charge in [-0.15, -0.1) is 0 Å². The first-order chi connectivity index (χ1) is 6.29. The van der Waals surface area contributed by atoms with Crippen molar-refractivity contribution < 1.29 is 0 Å². The van der Waals surface area contributed by atoms with E-state index in [1.807, 2.05) is 19.1 Å². The van der Waals surface area contributed by atoms with Gasteiger partial charge < -0.3 is 4.98 Å². The zero-order chi connectivity index (χ0) is 9.26. The van der Waals surface area contributed by atoms with E-state index in [0.29, 0.717) is 5.65 Å². The molecule has 2 rings (SSSR count). The van der Waals surface area contributed by atoms with Gasteiger partial charge in [0.1, 0.15) is 5.65 Å². The predicted octanol–water partition coefficient (Wildman–Crippen LogP) is 1.49. The van der Waals surface area contributed by atoms with Crippen molar-refractivity contribution in [1.29, 1.82) is 0 Å². The summed E-state index contributed by atoms with van der Waals surface area (Å²) in [5.74, 6) is 0. The third-order valence-corrected chi connectivity index (χ3v) is 2.00. The van der Waals surface area contributed by atoms with Crippen molar-refractivity contribution in [1.82, 2.24) is 9.97 Å². The molecule has 0 unspecified atom stereocenters. The standard InChI is InChI=1S/C10H10N2O/c1-2-8-5-3-7-4-6-9(13)12-10(7)11-8/h3-6H,2H2,1H3,(H,11,12,13). The maximum atomic E-state index is 11.0. The van der Waals surface area contributed by atoms with Crippen molar-refractivity contribution in [2.75, 3.05) is 0 Å². The Kier molecular flexibility index (Phi) is 1.85. The molecular formula is C10H10N2O. The van der Waals surface area contributed by atoms with Crippen LogP contribution in [0, 0.1) is 0 Å². The van der Waals surface area contributed by atoms with Crippen molar-refractivity contribution in [3.63, 3.8) is 0 Å². The van der Waals surface area contributed by atoms with Crippen molar-refractivity contribution in [2.45, 2.75) is 13.3 Å². The molecule has 0 saturated heterocycles. The topological polar surface area (TPSA) is 45.8 Å². The van der Waals surface area contributed by atoms with Gasteiger partial charge in [-0.05, 0) is 24.6 Å². The molecule has 1 N–H and O–H groups in total. The molecule has 3 heteroatoms. The molecule has 0 aliphatic heterocycles. The number of aromatic nitrogens is 2. The summed E-state index contributed by atoms with van der Waals surface area (Å²) in [5.41, 5.74) is 1.56. The molecule has 66 valence electrons. The summed E-state index contributed by atoms with van der Waals surface area (Å²) in [7, 11) is 0. The van der Waals surface area contributed by atoms with Crippen LogP contribution in [0.3, 0.4) is 0 Å². The Bertz CT molecular complexity index is 487. The number of nitrogens with zero attached hydrogens (tertiary/aromatic N) is 1. The van der Waals surface area contributed by atoms with Crippen LogP contribution in [-0.4, -0.2) is 9.97 Å². The number of hydrogen-bond acceptors (Lipinski definition) is 2. The highest BCUT2D eigenvalue weighted by Gasteiger charge is 1.96. The largest absolute Gasteiger partial charge is 0.307 e. The van der Waals surface area contributed by atoms with Crippen LogP contribution in [0.1, 0.15) is 12.6 Å². The lowest BCUT2D eigenvalue weighted by Crippen LogP contribution is -2.04. The van der Waals surface area contributed by atoms with Crippen molar-refractivity contribution >= 4 is 11.0 Å². The lowest BCUT2D eigenvalue weighted by molar-refractivity contribution is 1.04. The minimum Gasteiger partial charge on any atom is -0.307 e. The molecule has 0 radical (unpaired) electrons. The van der Waals surface area contributed by atoms with Gasteiger partial charge in [0.25, 0.3) is 0 Å². The molecule has 0 amide bonds. The van der Waals surface area contributed by atoms with Crippen molar-refractivity contribution in [3.8, 4) is 0 Å². The summed E-state index contributed by atoms with van der Waals surface area (Å²) >= 11 is 0. The number of rotatable bonds is 1. The highest BCUT2D eigenvalue weighted by atomic mass is 16.1. The Balaban J connectivity index is 2.75. The molecular weight excluding hydrogens is 164 g/mol. The third kappa shape index (κ3) is 1.45. The lowest BCUT2D eigenvalue weighted by Gasteiger charge is -1.98. The van der Waals surface area contributed by atoms with E-state index in [0.717, 1.165) is 17.5 Å². The highest BCUT2D eigenvalue weighted by Crippen LogP contribution is 2.07. The Morgan fingerprint density at radius 2 is 2.08 bits per heavy atom. The van der Waals surface area contributed by atoms with Crippen LogP contribution in [0.25, 0.3) is 11.0 Å². The second-order valence-electron chi connectivity index (χ2n) is 2.92. The molecule has 2 aromatic heterocycles. The van der Waals surface area contributed by atoms with E-state index in [2.05, 4.69) is 9.97 Å². The fourth-order valence-electron chi connectivity index (χ4n) is 1.27. The van der Waals surface area contributed by atoms with Gasteiger partial charge >= 0.3 is 0 Å². The van der Waals surface area contributed by atoms with Gasteiger partial charge in [0.05, 0.1) is 0 Å². The number of pyridine rings is 2. The van der Waals surface area contributed by atoms with Crippen molar-refractivity contribution in [2.24, 2.45) is 0 Å². The Labute approximate surface area is 75.4 Å². The number of fused-ring (bicyclic) bond motifs is 1. The lowest BCUT2D eigenvalue weighted by atomic mass is 10.2. The van der Waals surface area contributed by atoms with E-state index in [1.54, 1.807) is 6.07 Å². The van der Waals surface area contributed by atoms with Crippen LogP contribution >= 0.6 is 0 Å². The Morgan fingerprint density at radius 1 is 1.31 bits per heavy atom. The Morgan fingerprint density at radius 3 is 2.85 bits per heavy atom. The van der Waals surface area contributed by atoms with Gasteiger partial charge in [0.2, 0.25) is 5.56 Å². The molecule has 2 aromatic rings. The summed E-state index contributed by atoms with van der Waals surface area (Å²) in [4.78, 5) is 18.0. The summed E-state index contributed by atoms with van der Waals surface area (Å²) in [6, 6.07) is 7.23. The zero-order valence-corrected chi connectivity index (χ0v) is 7.37. The first-order valence-corrected chi connectivity index (χ1v) is 4.28. The summed E-state index contributed by atoms with van der Waals surface area (Å²) in [6.07, 6.45) is 0.882. The minimum atomic E-state index is -0.103. The maximum absolute atomic E-state index is 11.0. The molecule has 2 heterocycles. The van der Waals surface area contributed by atoms with Gasteiger partial charge in [-0.3, -0.25) is 4.79 Å². The average molecular weight is 174 g/mol. The minimum absolute atomic E-state index is 0.103. The van der Waals surface area contributed by atoms with Gasteiger partial charge in [-0.2, -0.15) is 0 Å². The average Bonchev–Trinajstić information content (AvgIpc) is 2.16. The van der Waals surface area contributed by atoms with E-state index in [-0.39, 0.29) is 5.56 Å².